The maximum Gasteiger partial charge on any atom is 0.274 e. The molecule has 0 aliphatic rings. The van der Waals surface area contributed by atoms with Crippen LogP contribution in [-0.4, -0.2) is 25.9 Å². The van der Waals surface area contributed by atoms with Crippen molar-refractivity contribution >= 4 is 33.4 Å². The molecule has 8 heteroatoms. The Balaban J connectivity index is 1.68. The molecule has 0 aliphatic heterocycles. The summed E-state index contributed by atoms with van der Waals surface area (Å²) in [6.45, 7) is 0.381. The Kier molecular flexibility index (Phi) is 5.69. The minimum Gasteiger partial charge on any atom is -0.346 e. The predicted molar refractivity (Wildman–Crippen MR) is 115 cm³/mol. The number of halogens is 2. The lowest BCUT2D eigenvalue weighted by atomic mass is 10.1. The summed E-state index contributed by atoms with van der Waals surface area (Å²) in [6.07, 6.45) is 3.35. The van der Waals surface area contributed by atoms with Gasteiger partial charge in [0.1, 0.15) is 5.69 Å². The molecule has 0 atom stereocenters. The van der Waals surface area contributed by atoms with Crippen LogP contribution in [0.25, 0.3) is 16.9 Å². The first-order chi connectivity index (χ1) is 14.1. The highest BCUT2D eigenvalue weighted by atomic mass is 79.9. The van der Waals surface area contributed by atoms with Crippen LogP contribution in [0.4, 0.5) is 0 Å². The molecule has 2 heterocycles. The summed E-state index contributed by atoms with van der Waals surface area (Å²) < 4.78 is 2.60. The van der Waals surface area contributed by atoms with Crippen molar-refractivity contribution in [3.05, 3.63) is 93.8 Å². The Morgan fingerprint density at radius 2 is 1.83 bits per heavy atom. The Bertz CT molecular complexity index is 1130. The topological polar surface area (TPSA) is 72.7 Å². The molecule has 144 valence electrons. The van der Waals surface area contributed by atoms with Crippen LogP contribution in [0.3, 0.4) is 0 Å². The van der Waals surface area contributed by atoms with Gasteiger partial charge in [-0.15, -0.1) is 5.10 Å². The molecule has 0 fully saturated rings. The van der Waals surface area contributed by atoms with E-state index in [1.807, 2.05) is 42.5 Å². The second-order valence-corrected chi connectivity index (χ2v) is 7.58. The molecule has 0 unspecified atom stereocenters. The third-order valence-electron chi connectivity index (χ3n) is 4.26. The van der Waals surface area contributed by atoms with E-state index in [0.717, 1.165) is 21.3 Å². The van der Waals surface area contributed by atoms with E-state index in [-0.39, 0.29) is 11.6 Å². The molecule has 0 aliphatic carbocycles. The van der Waals surface area contributed by atoms with Crippen LogP contribution in [0.2, 0.25) is 5.02 Å². The smallest absolute Gasteiger partial charge is 0.274 e. The summed E-state index contributed by atoms with van der Waals surface area (Å²) in [5.74, 6) is -0.313. The Hall–Kier alpha value is -3.03. The zero-order valence-electron chi connectivity index (χ0n) is 15.1. The zero-order valence-corrected chi connectivity index (χ0v) is 17.4. The van der Waals surface area contributed by atoms with E-state index in [2.05, 4.69) is 36.5 Å². The van der Waals surface area contributed by atoms with Crippen molar-refractivity contribution in [3.63, 3.8) is 0 Å². The molecule has 29 heavy (non-hydrogen) atoms. The van der Waals surface area contributed by atoms with Crippen LogP contribution in [0, 0.1) is 0 Å². The van der Waals surface area contributed by atoms with Crippen molar-refractivity contribution < 1.29 is 4.79 Å². The summed E-state index contributed by atoms with van der Waals surface area (Å²) in [6, 6.07) is 18.6. The minimum atomic E-state index is -0.313. The maximum atomic E-state index is 12.9. The molecule has 0 bridgehead atoms. The monoisotopic (exact) mass is 467 g/mol. The molecule has 4 aromatic rings. The van der Waals surface area contributed by atoms with Gasteiger partial charge in [-0.3, -0.25) is 9.78 Å². The summed E-state index contributed by atoms with van der Waals surface area (Å²) in [5, 5.41) is 11.9. The number of carbonyl (C=O) groups excluding carboxylic acids is 1. The van der Waals surface area contributed by atoms with Crippen molar-refractivity contribution in [3.8, 4) is 16.9 Å². The van der Waals surface area contributed by atoms with Crippen LogP contribution >= 0.6 is 27.5 Å². The van der Waals surface area contributed by atoms with Crippen molar-refractivity contribution in [1.29, 1.82) is 0 Å². The number of amides is 1. The molecule has 0 spiro atoms. The van der Waals surface area contributed by atoms with Gasteiger partial charge in [0.05, 0.1) is 5.69 Å². The number of nitrogens with one attached hydrogen (secondary N) is 1. The van der Waals surface area contributed by atoms with E-state index in [1.165, 1.54) is 0 Å². The van der Waals surface area contributed by atoms with Gasteiger partial charge >= 0.3 is 0 Å². The van der Waals surface area contributed by atoms with Crippen molar-refractivity contribution in [2.75, 3.05) is 0 Å². The summed E-state index contributed by atoms with van der Waals surface area (Å²) in [4.78, 5) is 17.1. The molecule has 0 saturated carbocycles. The number of rotatable bonds is 5. The first-order valence-electron chi connectivity index (χ1n) is 8.76. The first-order valence-corrected chi connectivity index (χ1v) is 9.93. The fourth-order valence-corrected chi connectivity index (χ4v) is 3.22. The van der Waals surface area contributed by atoms with Gasteiger partial charge in [0.2, 0.25) is 0 Å². The Labute approximate surface area is 180 Å². The molecule has 2 aromatic heterocycles. The van der Waals surface area contributed by atoms with Crippen LogP contribution in [0.1, 0.15) is 16.1 Å². The van der Waals surface area contributed by atoms with Gasteiger partial charge in [-0.25, -0.2) is 4.68 Å². The average Bonchev–Trinajstić information content (AvgIpc) is 3.19. The molecular weight excluding hydrogens is 454 g/mol. The second kappa shape index (κ2) is 8.55. The maximum absolute atomic E-state index is 12.9. The Morgan fingerprint density at radius 3 is 2.52 bits per heavy atom. The molecule has 2 aromatic carbocycles. The highest BCUT2D eigenvalue weighted by molar-refractivity contribution is 9.10. The van der Waals surface area contributed by atoms with Gasteiger partial charge in [-0.2, -0.15) is 0 Å². The van der Waals surface area contributed by atoms with Crippen LogP contribution in [0.5, 0.6) is 0 Å². The average molecular weight is 469 g/mol. The number of aromatic nitrogens is 4. The largest absolute Gasteiger partial charge is 0.346 e. The summed E-state index contributed by atoms with van der Waals surface area (Å²) in [5.41, 5.74) is 3.25. The highest BCUT2D eigenvalue weighted by Crippen LogP contribution is 2.25. The summed E-state index contributed by atoms with van der Waals surface area (Å²) in [7, 11) is 0. The van der Waals surface area contributed by atoms with Crippen molar-refractivity contribution in [2.45, 2.75) is 6.54 Å². The quantitative estimate of drug-likeness (QED) is 0.462. The second-order valence-electron chi connectivity index (χ2n) is 6.23. The number of pyridine rings is 1. The standard InChI is InChI=1S/C21H15BrClN5O/c22-16-5-3-14(4-6-16)12-25-21(29)19-20(15-2-1-11-24-13-15)28(27-26-19)18-9-7-17(23)8-10-18/h1-11,13H,12H2,(H,25,29). The number of hydrogen-bond donors (Lipinski definition) is 1. The van der Waals surface area contributed by atoms with E-state index in [0.29, 0.717) is 17.3 Å². The zero-order chi connectivity index (χ0) is 20.2. The normalized spacial score (nSPS) is 10.7. The SMILES string of the molecule is O=C(NCc1ccc(Br)cc1)c1nnn(-c2ccc(Cl)cc2)c1-c1cccnc1. The number of benzene rings is 2. The van der Waals surface area contributed by atoms with Crippen molar-refractivity contribution in [2.24, 2.45) is 0 Å². The highest BCUT2D eigenvalue weighted by Gasteiger charge is 2.22. The van der Waals surface area contributed by atoms with Gasteiger partial charge < -0.3 is 5.32 Å². The first kappa shape index (κ1) is 19.3. The number of carbonyl (C=O) groups is 1. The Morgan fingerprint density at radius 1 is 1.07 bits per heavy atom. The third kappa shape index (κ3) is 4.36. The number of nitrogens with zero attached hydrogens (tertiary/aromatic N) is 4. The van der Waals surface area contributed by atoms with Gasteiger partial charge in [-0.1, -0.05) is 44.9 Å². The molecule has 0 saturated heterocycles. The van der Waals surface area contributed by atoms with Crippen LogP contribution in [0.15, 0.2) is 77.5 Å². The van der Waals surface area contributed by atoms with Gasteiger partial charge in [0.15, 0.2) is 5.69 Å². The third-order valence-corrected chi connectivity index (χ3v) is 5.04. The van der Waals surface area contributed by atoms with Gasteiger partial charge in [0, 0.05) is 34.0 Å². The van der Waals surface area contributed by atoms with Gasteiger partial charge in [-0.05, 0) is 54.1 Å². The lowest BCUT2D eigenvalue weighted by Gasteiger charge is -2.09. The summed E-state index contributed by atoms with van der Waals surface area (Å²) >= 11 is 9.40. The van der Waals surface area contributed by atoms with Crippen molar-refractivity contribution in [1.82, 2.24) is 25.3 Å². The van der Waals surface area contributed by atoms with Crippen LogP contribution in [-0.2, 0) is 6.54 Å². The lowest BCUT2D eigenvalue weighted by molar-refractivity contribution is 0.0946. The lowest BCUT2D eigenvalue weighted by Crippen LogP contribution is -2.24. The molecular formula is C21H15BrClN5O. The predicted octanol–water partition coefficient (Wildman–Crippen LogP) is 4.68. The molecule has 0 radical (unpaired) electrons. The van der Waals surface area contributed by atoms with Gasteiger partial charge in [0.25, 0.3) is 5.91 Å². The molecule has 4 rings (SSSR count). The van der Waals surface area contributed by atoms with E-state index in [9.17, 15) is 4.79 Å². The van der Waals surface area contributed by atoms with E-state index in [1.54, 1.807) is 35.3 Å². The molecule has 6 nitrogen and oxygen atoms in total. The number of hydrogen-bond acceptors (Lipinski definition) is 4. The fraction of sp³-hybridized carbons (Fsp3) is 0.0476. The fourth-order valence-electron chi connectivity index (χ4n) is 2.83. The van der Waals surface area contributed by atoms with E-state index >= 15 is 0 Å². The van der Waals surface area contributed by atoms with E-state index in [4.69, 9.17) is 11.6 Å². The minimum absolute atomic E-state index is 0.227. The van der Waals surface area contributed by atoms with Crippen LogP contribution < -0.4 is 5.32 Å². The van der Waals surface area contributed by atoms with E-state index < -0.39 is 0 Å². The molecule has 1 N–H and O–H groups in total. The molecule has 1 amide bonds.